The number of nitrogens with one attached hydrogen (secondary N) is 1. The highest BCUT2D eigenvalue weighted by molar-refractivity contribution is 5.90. The molecule has 2 amide bonds. The number of primary amides is 1. The van der Waals surface area contributed by atoms with Gasteiger partial charge in [-0.05, 0) is 37.2 Å². The Morgan fingerprint density at radius 1 is 1.31 bits per heavy atom. The number of alkyl halides is 3. The number of aromatic nitrogens is 3. The summed E-state index contributed by atoms with van der Waals surface area (Å²) in [5, 5.41) is 6.23. The first kappa shape index (κ1) is 21.8. The fourth-order valence-electron chi connectivity index (χ4n) is 4.18. The SMILES string of the molecule is NC(=O)c1cc(COC(=O)NC2CC3(CCN(c4nccc(C(F)(F)F)n4)CC3)C2)on1. The summed E-state index contributed by atoms with van der Waals surface area (Å²) in [5.74, 6) is -0.461. The molecule has 1 saturated carbocycles. The Hall–Kier alpha value is -3.38. The van der Waals surface area contributed by atoms with E-state index in [2.05, 4.69) is 20.4 Å². The fourth-order valence-corrected chi connectivity index (χ4v) is 4.18. The Bertz CT molecular complexity index is 995. The average Bonchev–Trinajstić information content (AvgIpc) is 3.21. The Kier molecular flexibility index (Phi) is 5.65. The summed E-state index contributed by atoms with van der Waals surface area (Å²) < 4.78 is 48.5. The molecule has 4 rings (SSSR count). The van der Waals surface area contributed by atoms with Gasteiger partial charge < -0.3 is 25.2 Å². The van der Waals surface area contributed by atoms with Gasteiger partial charge in [0.1, 0.15) is 5.69 Å². The van der Waals surface area contributed by atoms with Crippen molar-refractivity contribution in [3.05, 3.63) is 35.5 Å². The minimum absolute atomic E-state index is 0.0391. The molecule has 0 aromatic carbocycles. The van der Waals surface area contributed by atoms with Crippen LogP contribution in [0.1, 0.15) is 47.6 Å². The van der Waals surface area contributed by atoms with Gasteiger partial charge in [0.15, 0.2) is 18.1 Å². The Balaban J connectivity index is 1.21. The number of nitrogens with two attached hydrogens (primary N) is 1. The van der Waals surface area contributed by atoms with Crippen molar-refractivity contribution in [3.8, 4) is 0 Å². The van der Waals surface area contributed by atoms with Gasteiger partial charge in [0, 0.05) is 31.4 Å². The maximum absolute atomic E-state index is 12.9. The summed E-state index contributed by atoms with van der Waals surface area (Å²) in [4.78, 5) is 32.3. The van der Waals surface area contributed by atoms with Gasteiger partial charge in [-0.2, -0.15) is 13.2 Å². The number of rotatable bonds is 5. The number of anilines is 1. The molecule has 0 unspecified atom stereocenters. The highest BCUT2D eigenvalue weighted by Crippen LogP contribution is 2.49. The predicted octanol–water partition coefficient (Wildman–Crippen LogP) is 2.26. The summed E-state index contributed by atoms with van der Waals surface area (Å²) in [6, 6.07) is 2.11. The molecule has 32 heavy (non-hydrogen) atoms. The minimum Gasteiger partial charge on any atom is -0.441 e. The number of piperidine rings is 1. The van der Waals surface area contributed by atoms with Crippen molar-refractivity contribution in [1.29, 1.82) is 0 Å². The van der Waals surface area contributed by atoms with E-state index in [-0.39, 0.29) is 35.5 Å². The number of nitrogens with zero attached hydrogens (tertiary/aromatic N) is 4. The van der Waals surface area contributed by atoms with Gasteiger partial charge in [-0.1, -0.05) is 5.16 Å². The number of hydrogen-bond donors (Lipinski definition) is 2. The molecule has 0 radical (unpaired) electrons. The van der Waals surface area contributed by atoms with Crippen molar-refractivity contribution in [2.24, 2.45) is 11.1 Å². The summed E-state index contributed by atoms with van der Waals surface area (Å²) in [7, 11) is 0. The summed E-state index contributed by atoms with van der Waals surface area (Å²) >= 11 is 0. The van der Waals surface area contributed by atoms with Gasteiger partial charge in [0.2, 0.25) is 5.95 Å². The van der Waals surface area contributed by atoms with Gasteiger partial charge in [0.25, 0.3) is 5.91 Å². The maximum Gasteiger partial charge on any atom is 0.433 e. The molecule has 172 valence electrons. The van der Waals surface area contributed by atoms with E-state index in [1.54, 1.807) is 4.90 Å². The second kappa shape index (κ2) is 8.28. The van der Waals surface area contributed by atoms with E-state index < -0.39 is 23.9 Å². The van der Waals surface area contributed by atoms with Crippen molar-refractivity contribution in [1.82, 2.24) is 20.4 Å². The van der Waals surface area contributed by atoms with E-state index >= 15 is 0 Å². The van der Waals surface area contributed by atoms with Crippen LogP contribution in [0.15, 0.2) is 22.9 Å². The van der Waals surface area contributed by atoms with Crippen molar-refractivity contribution in [2.75, 3.05) is 18.0 Å². The normalized spacial score (nSPS) is 18.3. The zero-order valence-corrected chi connectivity index (χ0v) is 16.9. The van der Waals surface area contributed by atoms with Crippen LogP contribution in [0.2, 0.25) is 0 Å². The molecule has 1 spiro atoms. The summed E-state index contributed by atoms with van der Waals surface area (Å²) in [5.41, 5.74) is 4.11. The Labute approximate surface area is 180 Å². The van der Waals surface area contributed by atoms with Gasteiger partial charge in [-0.3, -0.25) is 4.79 Å². The second-order valence-electron chi connectivity index (χ2n) is 8.10. The first-order valence-electron chi connectivity index (χ1n) is 9.97. The van der Waals surface area contributed by atoms with E-state index in [0.717, 1.165) is 37.9 Å². The smallest absolute Gasteiger partial charge is 0.433 e. The monoisotopic (exact) mass is 454 g/mol. The number of carbonyl (C=O) groups is 2. The zero-order valence-electron chi connectivity index (χ0n) is 16.9. The van der Waals surface area contributed by atoms with Crippen molar-refractivity contribution in [2.45, 2.75) is 44.5 Å². The molecule has 0 atom stereocenters. The van der Waals surface area contributed by atoms with Crippen LogP contribution in [0.5, 0.6) is 0 Å². The molecule has 2 aromatic rings. The number of amides is 2. The third-order valence-corrected chi connectivity index (χ3v) is 5.88. The second-order valence-corrected chi connectivity index (χ2v) is 8.10. The highest BCUT2D eigenvalue weighted by Gasteiger charge is 2.47. The molecule has 1 aliphatic carbocycles. The molecule has 2 aromatic heterocycles. The van der Waals surface area contributed by atoms with Crippen LogP contribution in [0.25, 0.3) is 0 Å². The number of halogens is 3. The van der Waals surface area contributed by atoms with Crippen LogP contribution in [-0.4, -0.2) is 46.3 Å². The van der Waals surface area contributed by atoms with E-state index in [0.29, 0.717) is 13.1 Å². The Morgan fingerprint density at radius 2 is 2.03 bits per heavy atom. The molecule has 2 aliphatic rings. The quantitative estimate of drug-likeness (QED) is 0.702. The molecule has 3 N–H and O–H groups in total. The molecule has 0 bridgehead atoms. The fraction of sp³-hybridized carbons (Fsp3) is 0.526. The topological polar surface area (TPSA) is 136 Å². The molecule has 3 heterocycles. The summed E-state index contributed by atoms with van der Waals surface area (Å²) in [6.45, 7) is 0.911. The van der Waals surface area contributed by atoms with Crippen LogP contribution in [-0.2, 0) is 17.5 Å². The van der Waals surface area contributed by atoms with Crippen LogP contribution < -0.4 is 16.0 Å². The van der Waals surface area contributed by atoms with Crippen molar-refractivity contribution in [3.63, 3.8) is 0 Å². The third kappa shape index (κ3) is 4.75. The van der Waals surface area contributed by atoms with Gasteiger partial charge in [-0.15, -0.1) is 0 Å². The lowest BCUT2D eigenvalue weighted by Crippen LogP contribution is -2.55. The van der Waals surface area contributed by atoms with E-state index in [4.69, 9.17) is 15.0 Å². The van der Waals surface area contributed by atoms with Crippen LogP contribution in [0.3, 0.4) is 0 Å². The van der Waals surface area contributed by atoms with Gasteiger partial charge >= 0.3 is 12.3 Å². The standard InChI is InChI=1S/C19H21F3N6O4/c20-19(21,22)14-1-4-24-16(26-14)28-5-2-18(3-6-28)8-11(9-18)25-17(30)31-10-12-7-13(15(23)29)27-32-12/h1,4,7,11H,2-3,5-6,8-10H2,(H2,23,29)(H,25,30). The lowest BCUT2D eigenvalue weighted by molar-refractivity contribution is -0.141. The number of carbonyl (C=O) groups excluding carboxylic acids is 2. The number of hydrogen-bond acceptors (Lipinski definition) is 8. The number of alkyl carbamates (subject to hydrolysis) is 1. The van der Waals surface area contributed by atoms with Crippen molar-refractivity contribution >= 4 is 17.9 Å². The predicted molar refractivity (Wildman–Crippen MR) is 102 cm³/mol. The molecular formula is C19H21F3N6O4. The molecule has 13 heteroatoms. The van der Waals surface area contributed by atoms with Gasteiger partial charge in [-0.25, -0.2) is 14.8 Å². The minimum atomic E-state index is -4.51. The molecule has 2 fully saturated rings. The van der Waals surface area contributed by atoms with Crippen LogP contribution in [0.4, 0.5) is 23.9 Å². The van der Waals surface area contributed by atoms with Gasteiger partial charge in [0.05, 0.1) is 0 Å². The lowest BCUT2D eigenvalue weighted by Gasteiger charge is -2.52. The average molecular weight is 454 g/mol. The highest BCUT2D eigenvalue weighted by atomic mass is 19.4. The summed E-state index contributed by atoms with van der Waals surface area (Å²) in [6.07, 6.45) is -0.939. The van der Waals surface area contributed by atoms with Crippen LogP contribution >= 0.6 is 0 Å². The number of ether oxygens (including phenoxy) is 1. The van der Waals surface area contributed by atoms with E-state index in [9.17, 15) is 22.8 Å². The zero-order chi connectivity index (χ0) is 22.9. The van der Waals surface area contributed by atoms with E-state index in [1.807, 2.05) is 0 Å². The first-order valence-corrected chi connectivity index (χ1v) is 9.97. The first-order chi connectivity index (χ1) is 15.1. The molecule has 1 aliphatic heterocycles. The molecule has 1 saturated heterocycles. The third-order valence-electron chi connectivity index (χ3n) is 5.88. The maximum atomic E-state index is 12.9. The van der Waals surface area contributed by atoms with Crippen molar-refractivity contribution < 1.29 is 32.0 Å². The molecular weight excluding hydrogens is 433 g/mol. The largest absolute Gasteiger partial charge is 0.441 e. The lowest BCUT2D eigenvalue weighted by atomic mass is 9.60. The molecule has 10 nitrogen and oxygen atoms in total. The van der Waals surface area contributed by atoms with Crippen LogP contribution in [0, 0.1) is 5.41 Å². The van der Waals surface area contributed by atoms with E-state index in [1.165, 1.54) is 6.07 Å². The Morgan fingerprint density at radius 3 is 2.66 bits per heavy atom.